The number of hydrogen-bond donors (Lipinski definition) is 1. The normalized spacial score (nSPS) is 13.5. The van der Waals surface area contributed by atoms with E-state index in [2.05, 4.69) is 35.3 Å². The van der Waals surface area contributed by atoms with E-state index in [1.807, 2.05) is 29.2 Å². The highest BCUT2D eigenvalue weighted by atomic mass is 16.3. The molecule has 1 aromatic heterocycles. The van der Waals surface area contributed by atoms with Gasteiger partial charge in [-0.2, -0.15) is 0 Å². The molecule has 0 radical (unpaired) electrons. The predicted octanol–water partition coefficient (Wildman–Crippen LogP) is 3.92. The Hall–Kier alpha value is -3.83. The molecule has 1 aliphatic heterocycles. The monoisotopic (exact) mass is 424 g/mol. The number of pyridine rings is 1. The summed E-state index contributed by atoms with van der Waals surface area (Å²) in [5.41, 5.74) is 6.07. The fourth-order valence-electron chi connectivity index (χ4n) is 3.70. The van der Waals surface area contributed by atoms with Crippen LogP contribution in [0, 0.1) is 0 Å². The second kappa shape index (κ2) is 9.98. The second-order valence-corrected chi connectivity index (χ2v) is 7.64. The van der Waals surface area contributed by atoms with Crippen LogP contribution in [0.3, 0.4) is 0 Å². The summed E-state index contributed by atoms with van der Waals surface area (Å²) in [4.78, 5) is 30.2. The van der Waals surface area contributed by atoms with Gasteiger partial charge in [0.05, 0.1) is 11.4 Å². The van der Waals surface area contributed by atoms with Crippen LogP contribution in [0.25, 0.3) is 23.3 Å². The van der Waals surface area contributed by atoms with E-state index < -0.39 is 6.61 Å². The quantitative estimate of drug-likeness (QED) is 0.609. The van der Waals surface area contributed by atoms with Gasteiger partial charge in [-0.1, -0.05) is 54.6 Å². The van der Waals surface area contributed by atoms with Crippen molar-refractivity contribution in [2.24, 2.45) is 0 Å². The molecule has 2 aromatic carbocycles. The third-order valence-electron chi connectivity index (χ3n) is 5.42. The van der Waals surface area contributed by atoms with E-state index in [-0.39, 0.29) is 11.7 Å². The van der Waals surface area contributed by atoms with Gasteiger partial charge in [-0.15, -0.1) is 0 Å². The van der Waals surface area contributed by atoms with E-state index in [1.54, 1.807) is 24.3 Å². The molecule has 1 N–H and O–H groups in total. The Labute approximate surface area is 187 Å². The zero-order valence-corrected chi connectivity index (χ0v) is 17.6. The summed E-state index contributed by atoms with van der Waals surface area (Å²) in [5.74, 6) is -0.440. The molecule has 1 amide bonds. The lowest BCUT2D eigenvalue weighted by atomic mass is 9.94. The topological polar surface area (TPSA) is 70.5 Å². The summed E-state index contributed by atoms with van der Waals surface area (Å²) in [5, 5.41) is 8.79. The van der Waals surface area contributed by atoms with Crippen molar-refractivity contribution in [1.82, 2.24) is 9.88 Å². The van der Waals surface area contributed by atoms with Crippen molar-refractivity contribution >= 4 is 23.8 Å². The maximum Gasteiger partial charge on any atom is 0.246 e. The highest BCUT2D eigenvalue weighted by molar-refractivity contribution is 5.94. The Morgan fingerprint density at radius 2 is 1.62 bits per heavy atom. The maximum absolute atomic E-state index is 12.7. The number of carbonyl (C=O) groups excluding carboxylic acids is 2. The first-order valence-corrected chi connectivity index (χ1v) is 10.6. The summed E-state index contributed by atoms with van der Waals surface area (Å²) < 4.78 is 0. The molecule has 1 aliphatic rings. The summed E-state index contributed by atoms with van der Waals surface area (Å²) in [6, 6.07) is 22.1. The molecule has 0 aliphatic carbocycles. The first-order chi connectivity index (χ1) is 15.6. The van der Waals surface area contributed by atoms with E-state index in [9.17, 15) is 9.59 Å². The van der Waals surface area contributed by atoms with Crippen LogP contribution in [0.15, 0.2) is 78.9 Å². The minimum atomic E-state index is -0.531. The molecule has 0 unspecified atom stereocenters. The SMILES string of the molecule is O=C(/C=C/c1cccc(/C=C/C(=O)N2CCc3cc(-c4ccccc4)ccc3C2)n1)CO. The number of hydrogen-bond acceptors (Lipinski definition) is 4. The lowest BCUT2D eigenvalue weighted by Crippen LogP contribution is -2.34. The number of aliphatic hydroxyl groups excluding tert-OH is 1. The van der Waals surface area contributed by atoms with Crippen molar-refractivity contribution < 1.29 is 14.7 Å². The number of fused-ring (bicyclic) bond motifs is 1. The van der Waals surface area contributed by atoms with E-state index in [1.165, 1.54) is 34.4 Å². The lowest BCUT2D eigenvalue weighted by Gasteiger charge is -2.28. The summed E-state index contributed by atoms with van der Waals surface area (Å²) in [6.45, 7) is 0.734. The number of amides is 1. The minimum absolute atomic E-state index is 0.0546. The van der Waals surface area contributed by atoms with Crippen LogP contribution in [0.5, 0.6) is 0 Å². The summed E-state index contributed by atoms with van der Waals surface area (Å²) >= 11 is 0. The molecule has 160 valence electrons. The Bertz CT molecular complexity index is 1180. The van der Waals surface area contributed by atoms with Crippen LogP contribution in [0.1, 0.15) is 22.5 Å². The Morgan fingerprint density at radius 3 is 2.38 bits per heavy atom. The fraction of sp³-hybridized carbons (Fsp3) is 0.148. The zero-order valence-electron chi connectivity index (χ0n) is 17.6. The van der Waals surface area contributed by atoms with Crippen LogP contribution < -0.4 is 0 Å². The molecule has 0 fully saturated rings. The number of aromatic nitrogens is 1. The van der Waals surface area contributed by atoms with Crippen molar-refractivity contribution in [3.63, 3.8) is 0 Å². The molecule has 5 heteroatoms. The van der Waals surface area contributed by atoms with E-state index >= 15 is 0 Å². The molecular formula is C27H24N2O3. The highest BCUT2D eigenvalue weighted by Gasteiger charge is 2.19. The van der Waals surface area contributed by atoms with Gasteiger partial charge in [0.1, 0.15) is 6.61 Å². The molecule has 0 atom stereocenters. The van der Waals surface area contributed by atoms with Crippen molar-refractivity contribution in [3.05, 3.63) is 101 Å². The second-order valence-electron chi connectivity index (χ2n) is 7.64. The molecule has 0 bridgehead atoms. The van der Waals surface area contributed by atoms with Gasteiger partial charge < -0.3 is 10.0 Å². The summed E-state index contributed by atoms with van der Waals surface area (Å²) in [6.07, 6.45) is 6.88. The van der Waals surface area contributed by atoms with Gasteiger partial charge in [0, 0.05) is 19.2 Å². The first kappa shape index (κ1) is 21.4. The smallest absolute Gasteiger partial charge is 0.246 e. The molecule has 0 spiro atoms. The largest absolute Gasteiger partial charge is 0.388 e. The van der Waals surface area contributed by atoms with Crippen molar-refractivity contribution in [1.29, 1.82) is 0 Å². The number of benzene rings is 2. The van der Waals surface area contributed by atoms with Crippen LogP contribution >= 0.6 is 0 Å². The highest BCUT2D eigenvalue weighted by Crippen LogP contribution is 2.26. The van der Waals surface area contributed by atoms with Gasteiger partial charge in [0.15, 0.2) is 5.78 Å². The Morgan fingerprint density at radius 1 is 0.875 bits per heavy atom. The predicted molar refractivity (Wildman–Crippen MR) is 125 cm³/mol. The summed E-state index contributed by atoms with van der Waals surface area (Å²) in [7, 11) is 0. The van der Waals surface area contributed by atoms with Gasteiger partial charge >= 0.3 is 0 Å². The molecule has 0 saturated heterocycles. The lowest BCUT2D eigenvalue weighted by molar-refractivity contribution is -0.126. The molecule has 2 heterocycles. The molecule has 0 saturated carbocycles. The minimum Gasteiger partial charge on any atom is -0.388 e. The molecule has 32 heavy (non-hydrogen) atoms. The number of carbonyl (C=O) groups is 2. The number of ketones is 1. The zero-order chi connectivity index (χ0) is 22.3. The number of aliphatic hydroxyl groups is 1. The third-order valence-corrected chi connectivity index (χ3v) is 5.42. The van der Waals surface area contributed by atoms with E-state index in [0.717, 1.165) is 6.42 Å². The molecule has 3 aromatic rings. The maximum atomic E-state index is 12.7. The van der Waals surface area contributed by atoms with Crippen LogP contribution in [-0.2, 0) is 22.6 Å². The fourth-order valence-corrected chi connectivity index (χ4v) is 3.70. The Kier molecular flexibility index (Phi) is 6.68. The Balaban J connectivity index is 1.42. The van der Waals surface area contributed by atoms with Crippen LogP contribution in [0.2, 0.25) is 0 Å². The average Bonchev–Trinajstić information content (AvgIpc) is 2.86. The number of nitrogens with zero attached hydrogens (tertiary/aromatic N) is 2. The van der Waals surface area contributed by atoms with Crippen molar-refractivity contribution in [2.45, 2.75) is 13.0 Å². The standard InChI is InChI=1S/C27H24N2O3/c30-19-26(31)13-11-24-7-4-8-25(28-24)12-14-27(32)29-16-15-22-17-21(9-10-23(22)18-29)20-5-2-1-3-6-20/h1-14,17,30H,15-16,18-19H2/b13-11+,14-12+. The van der Waals surface area contributed by atoms with Crippen molar-refractivity contribution in [3.8, 4) is 11.1 Å². The van der Waals surface area contributed by atoms with Gasteiger partial charge in [-0.25, -0.2) is 4.98 Å². The van der Waals surface area contributed by atoms with Gasteiger partial charge in [0.2, 0.25) is 5.91 Å². The number of rotatable bonds is 6. The third kappa shape index (κ3) is 5.25. The van der Waals surface area contributed by atoms with Crippen LogP contribution in [0.4, 0.5) is 0 Å². The molecule has 5 nitrogen and oxygen atoms in total. The molecular weight excluding hydrogens is 400 g/mol. The van der Waals surface area contributed by atoms with Crippen molar-refractivity contribution in [2.75, 3.05) is 13.2 Å². The average molecular weight is 425 g/mol. The molecule has 4 rings (SSSR count). The van der Waals surface area contributed by atoms with Crippen LogP contribution in [-0.4, -0.2) is 39.8 Å². The van der Waals surface area contributed by atoms with Gasteiger partial charge in [-0.3, -0.25) is 9.59 Å². The van der Waals surface area contributed by atoms with E-state index in [4.69, 9.17) is 5.11 Å². The first-order valence-electron chi connectivity index (χ1n) is 10.6. The van der Waals surface area contributed by atoms with Gasteiger partial charge in [0.25, 0.3) is 0 Å². The van der Waals surface area contributed by atoms with Gasteiger partial charge in [-0.05, 0) is 59.0 Å². The van der Waals surface area contributed by atoms with E-state index in [0.29, 0.717) is 24.5 Å².